The van der Waals surface area contributed by atoms with E-state index in [-0.39, 0.29) is 0 Å². The standard InChI is InChI=1S/C19H25N3O/c1-2-5-16(6-3-1)19-13-17(21-23-19)14-22-11-8-15(9-12-22)18-7-4-10-20-18/h1-3,5-6,13,15,18,20H,4,7-12,14H2. The normalized spacial score (nSPS) is 23.4. The molecule has 122 valence electrons. The molecule has 2 aliphatic heterocycles. The predicted molar refractivity (Wildman–Crippen MR) is 91.0 cm³/mol. The fourth-order valence-electron chi connectivity index (χ4n) is 3.98. The van der Waals surface area contributed by atoms with Crippen molar-refractivity contribution in [2.75, 3.05) is 19.6 Å². The molecule has 4 heteroatoms. The maximum Gasteiger partial charge on any atom is 0.167 e. The lowest BCUT2D eigenvalue weighted by atomic mass is 9.88. The molecule has 1 aromatic heterocycles. The van der Waals surface area contributed by atoms with E-state index in [1.165, 1.54) is 45.3 Å². The van der Waals surface area contributed by atoms with Crippen molar-refractivity contribution in [3.05, 3.63) is 42.1 Å². The van der Waals surface area contributed by atoms with Crippen molar-refractivity contribution in [3.63, 3.8) is 0 Å². The largest absolute Gasteiger partial charge is 0.356 e. The summed E-state index contributed by atoms with van der Waals surface area (Å²) in [6.45, 7) is 4.47. The molecule has 0 spiro atoms. The molecule has 3 heterocycles. The average Bonchev–Trinajstić information content (AvgIpc) is 3.28. The summed E-state index contributed by atoms with van der Waals surface area (Å²) in [5.74, 6) is 1.73. The van der Waals surface area contributed by atoms with Gasteiger partial charge in [0.1, 0.15) is 0 Å². The minimum Gasteiger partial charge on any atom is -0.356 e. The number of nitrogens with zero attached hydrogens (tertiary/aromatic N) is 2. The summed E-state index contributed by atoms with van der Waals surface area (Å²) < 4.78 is 5.51. The third-order valence-electron chi connectivity index (χ3n) is 5.30. The van der Waals surface area contributed by atoms with Gasteiger partial charge in [0.25, 0.3) is 0 Å². The first-order valence-electron chi connectivity index (χ1n) is 8.85. The molecule has 1 N–H and O–H groups in total. The van der Waals surface area contributed by atoms with E-state index < -0.39 is 0 Å². The predicted octanol–water partition coefficient (Wildman–Crippen LogP) is 3.31. The van der Waals surface area contributed by atoms with E-state index in [2.05, 4.69) is 33.6 Å². The van der Waals surface area contributed by atoms with Gasteiger partial charge in [-0.05, 0) is 51.2 Å². The fraction of sp³-hybridized carbons (Fsp3) is 0.526. The molecule has 1 aromatic carbocycles. The molecule has 2 aliphatic rings. The molecule has 0 amide bonds. The quantitative estimate of drug-likeness (QED) is 0.940. The van der Waals surface area contributed by atoms with E-state index in [0.717, 1.165) is 35.5 Å². The number of likely N-dealkylation sites (tertiary alicyclic amines) is 1. The number of aromatic nitrogens is 1. The maximum atomic E-state index is 5.51. The summed E-state index contributed by atoms with van der Waals surface area (Å²) in [6.07, 6.45) is 5.34. The van der Waals surface area contributed by atoms with Gasteiger partial charge in [-0.15, -0.1) is 0 Å². The SMILES string of the molecule is c1ccc(-c2cc(CN3CCC(C4CCCN4)CC3)no2)cc1. The highest BCUT2D eigenvalue weighted by Crippen LogP contribution is 2.27. The van der Waals surface area contributed by atoms with Crippen LogP contribution in [0.5, 0.6) is 0 Å². The van der Waals surface area contributed by atoms with E-state index in [1.54, 1.807) is 0 Å². The van der Waals surface area contributed by atoms with Gasteiger partial charge in [0.15, 0.2) is 5.76 Å². The Kier molecular flexibility index (Phi) is 4.44. The molecule has 4 nitrogen and oxygen atoms in total. The van der Waals surface area contributed by atoms with Crippen LogP contribution in [0.15, 0.2) is 40.9 Å². The van der Waals surface area contributed by atoms with E-state index in [4.69, 9.17) is 4.52 Å². The van der Waals surface area contributed by atoms with E-state index >= 15 is 0 Å². The zero-order valence-corrected chi connectivity index (χ0v) is 13.6. The monoisotopic (exact) mass is 311 g/mol. The Morgan fingerprint density at radius 2 is 1.96 bits per heavy atom. The van der Waals surface area contributed by atoms with Crippen molar-refractivity contribution in [3.8, 4) is 11.3 Å². The number of benzene rings is 1. The third-order valence-corrected chi connectivity index (χ3v) is 5.30. The second kappa shape index (κ2) is 6.85. The number of rotatable bonds is 4. The summed E-state index contributed by atoms with van der Waals surface area (Å²) in [7, 11) is 0. The molecule has 0 saturated carbocycles. The van der Waals surface area contributed by atoms with Crippen molar-refractivity contribution in [2.24, 2.45) is 5.92 Å². The van der Waals surface area contributed by atoms with Gasteiger partial charge in [0.2, 0.25) is 0 Å². The molecule has 2 saturated heterocycles. The van der Waals surface area contributed by atoms with Gasteiger partial charge in [0.05, 0.1) is 5.69 Å². The Morgan fingerprint density at radius 1 is 1.13 bits per heavy atom. The van der Waals surface area contributed by atoms with Crippen LogP contribution in [0.2, 0.25) is 0 Å². The number of nitrogens with one attached hydrogen (secondary N) is 1. The van der Waals surface area contributed by atoms with Crippen LogP contribution < -0.4 is 5.32 Å². The average molecular weight is 311 g/mol. The molecule has 1 unspecified atom stereocenters. The van der Waals surface area contributed by atoms with Crippen molar-refractivity contribution in [2.45, 2.75) is 38.3 Å². The Balaban J connectivity index is 1.32. The Bertz CT molecular complexity index is 611. The molecular formula is C19H25N3O. The first-order chi connectivity index (χ1) is 11.4. The van der Waals surface area contributed by atoms with Crippen LogP contribution in [-0.2, 0) is 6.54 Å². The first-order valence-corrected chi connectivity index (χ1v) is 8.85. The molecule has 2 fully saturated rings. The number of hydrogen-bond acceptors (Lipinski definition) is 4. The van der Waals surface area contributed by atoms with Crippen LogP contribution in [0, 0.1) is 5.92 Å². The lowest BCUT2D eigenvalue weighted by Crippen LogP contribution is -2.40. The van der Waals surface area contributed by atoms with Crippen molar-refractivity contribution in [1.82, 2.24) is 15.4 Å². The molecule has 2 aromatic rings. The van der Waals surface area contributed by atoms with Gasteiger partial charge in [-0.25, -0.2) is 0 Å². The van der Waals surface area contributed by atoms with Gasteiger partial charge in [0, 0.05) is 24.2 Å². The Labute approximate surface area is 137 Å². The van der Waals surface area contributed by atoms with E-state index in [0.29, 0.717) is 0 Å². The lowest BCUT2D eigenvalue weighted by Gasteiger charge is -2.34. The van der Waals surface area contributed by atoms with Gasteiger partial charge < -0.3 is 9.84 Å². The third kappa shape index (κ3) is 3.48. The summed E-state index contributed by atoms with van der Waals surface area (Å²) in [5.41, 5.74) is 2.14. The zero-order valence-electron chi connectivity index (χ0n) is 13.6. The molecule has 23 heavy (non-hydrogen) atoms. The van der Waals surface area contributed by atoms with Gasteiger partial charge in [-0.2, -0.15) is 0 Å². The minimum absolute atomic E-state index is 0.772. The smallest absolute Gasteiger partial charge is 0.167 e. The van der Waals surface area contributed by atoms with Crippen molar-refractivity contribution in [1.29, 1.82) is 0 Å². The van der Waals surface area contributed by atoms with Crippen molar-refractivity contribution < 1.29 is 4.52 Å². The van der Waals surface area contributed by atoms with Gasteiger partial charge in [-0.3, -0.25) is 4.90 Å². The number of piperidine rings is 1. The van der Waals surface area contributed by atoms with Crippen molar-refractivity contribution >= 4 is 0 Å². The highest BCUT2D eigenvalue weighted by atomic mass is 16.5. The Morgan fingerprint density at radius 3 is 2.70 bits per heavy atom. The van der Waals surface area contributed by atoms with Crippen LogP contribution in [0.25, 0.3) is 11.3 Å². The van der Waals surface area contributed by atoms with E-state index in [1.807, 2.05) is 18.2 Å². The summed E-state index contributed by atoms with van der Waals surface area (Å²) >= 11 is 0. The van der Waals surface area contributed by atoms with Crippen LogP contribution >= 0.6 is 0 Å². The van der Waals surface area contributed by atoms with E-state index in [9.17, 15) is 0 Å². The Hall–Kier alpha value is -1.65. The summed E-state index contributed by atoms with van der Waals surface area (Å²) in [5, 5.41) is 7.92. The summed E-state index contributed by atoms with van der Waals surface area (Å²) in [4.78, 5) is 2.51. The molecule has 0 radical (unpaired) electrons. The second-order valence-corrected chi connectivity index (χ2v) is 6.86. The molecule has 0 aliphatic carbocycles. The van der Waals surface area contributed by atoms with Crippen LogP contribution in [0.4, 0.5) is 0 Å². The molecule has 1 atom stereocenters. The fourth-order valence-corrected chi connectivity index (χ4v) is 3.98. The molecular weight excluding hydrogens is 286 g/mol. The lowest BCUT2D eigenvalue weighted by molar-refractivity contribution is 0.154. The van der Waals surface area contributed by atoms with Gasteiger partial charge in [-0.1, -0.05) is 35.5 Å². The highest BCUT2D eigenvalue weighted by Gasteiger charge is 2.28. The van der Waals surface area contributed by atoms with Gasteiger partial charge >= 0.3 is 0 Å². The molecule has 4 rings (SSSR count). The second-order valence-electron chi connectivity index (χ2n) is 6.86. The van der Waals surface area contributed by atoms with Crippen LogP contribution in [0.1, 0.15) is 31.4 Å². The number of hydrogen-bond donors (Lipinski definition) is 1. The van der Waals surface area contributed by atoms with Crippen LogP contribution in [-0.4, -0.2) is 35.7 Å². The van der Waals surface area contributed by atoms with Crippen LogP contribution in [0.3, 0.4) is 0 Å². The highest BCUT2D eigenvalue weighted by molar-refractivity contribution is 5.56. The maximum absolute atomic E-state index is 5.51. The zero-order chi connectivity index (χ0) is 15.5. The summed E-state index contributed by atoms with van der Waals surface area (Å²) in [6, 6.07) is 13.0. The minimum atomic E-state index is 0.772. The first kappa shape index (κ1) is 14.9. The topological polar surface area (TPSA) is 41.3 Å². The molecule has 0 bridgehead atoms.